The maximum absolute atomic E-state index is 12.2. The number of amides is 1. The number of nitrogens with one attached hydrogen (secondary N) is 1. The Kier molecular flexibility index (Phi) is 3.90. The smallest absolute Gasteiger partial charge is 0.265 e. The van der Waals surface area contributed by atoms with Crippen molar-refractivity contribution in [2.75, 3.05) is 11.1 Å². The van der Waals surface area contributed by atoms with Crippen LogP contribution in [0.4, 0.5) is 11.4 Å². The summed E-state index contributed by atoms with van der Waals surface area (Å²) in [6.45, 7) is 5.98. The molecule has 3 nitrogen and oxygen atoms in total. The van der Waals surface area contributed by atoms with Gasteiger partial charge in [-0.05, 0) is 55.7 Å². The van der Waals surface area contributed by atoms with E-state index >= 15 is 0 Å². The molecule has 2 rings (SSSR count). The first-order valence-corrected chi connectivity index (χ1v) is 7.09. The molecule has 1 aromatic heterocycles. The van der Waals surface area contributed by atoms with E-state index in [1.54, 1.807) is 0 Å². The van der Waals surface area contributed by atoms with Gasteiger partial charge >= 0.3 is 0 Å². The number of carbonyl (C=O) groups is 1. The number of hydrogen-bond acceptors (Lipinski definition) is 3. The molecule has 100 valence electrons. The monoisotopic (exact) mass is 274 g/mol. The van der Waals surface area contributed by atoms with E-state index in [1.807, 2.05) is 38.1 Å². The summed E-state index contributed by atoms with van der Waals surface area (Å²) in [5.41, 5.74) is 9.32. The quantitative estimate of drug-likeness (QED) is 0.837. The van der Waals surface area contributed by atoms with E-state index in [1.165, 1.54) is 16.2 Å². The van der Waals surface area contributed by atoms with Crippen molar-refractivity contribution >= 4 is 28.6 Å². The summed E-state index contributed by atoms with van der Waals surface area (Å²) in [5.74, 6) is -0.0549. The van der Waals surface area contributed by atoms with Gasteiger partial charge in [-0.2, -0.15) is 0 Å². The van der Waals surface area contributed by atoms with Gasteiger partial charge in [0.05, 0.1) is 4.88 Å². The van der Waals surface area contributed by atoms with Crippen molar-refractivity contribution in [2.24, 2.45) is 0 Å². The van der Waals surface area contributed by atoms with Crippen molar-refractivity contribution in [2.45, 2.75) is 27.2 Å². The van der Waals surface area contributed by atoms with Crippen molar-refractivity contribution in [1.82, 2.24) is 0 Å². The molecule has 1 heterocycles. The summed E-state index contributed by atoms with van der Waals surface area (Å²) >= 11 is 1.54. The van der Waals surface area contributed by atoms with Crippen molar-refractivity contribution in [3.63, 3.8) is 0 Å². The zero-order chi connectivity index (χ0) is 14.0. The third-order valence-corrected chi connectivity index (χ3v) is 4.26. The molecule has 4 heteroatoms. The van der Waals surface area contributed by atoms with Crippen LogP contribution in [0, 0.1) is 13.8 Å². The topological polar surface area (TPSA) is 55.1 Å². The predicted octanol–water partition coefficient (Wildman–Crippen LogP) is 3.76. The number of nitrogens with two attached hydrogens (primary N) is 1. The number of hydrogen-bond donors (Lipinski definition) is 2. The molecule has 0 aliphatic rings. The number of thiophene rings is 1. The second-order valence-corrected chi connectivity index (χ2v) is 5.77. The molecule has 0 bridgehead atoms. The molecule has 0 saturated heterocycles. The first-order valence-electron chi connectivity index (χ1n) is 6.28. The van der Waals surface area contributed by atoms with Gasteiger partial charge in [0.25, 0.3) is 5.91 Å². The fourth-order valence-electron chi connectivity index (χ4n) is 2.06. The van der Waals surface area contributed by atoms with Crippen LogP contribution in [-0.2, 0) is 6.42 Å². The molecule has 1 aromatic carbocycles. The maximum atomic E-state index is 12.2. The molecule has 0 aliphatic carbocycles. The average molecular weight is 274 g/mol. The molecular weight excluding hydrogens is 256 g/mol. The SMILES string of the molecule is CCc1ccc(C(=O)Nc2c(C)cc(N)cc2C)s1. The van der Waals surface area contributed by atoms with Crippen LogP contribution in [0.2, 0.25) is 0 Å². The largest absolute Gasteiger partial charge is 0.399 e. The molecule has 2 aromatic rings. The van der Waals surface area contributed by atoms with Gasteiger partial charge in [0.2, 0.25) is 0 Å². The first kappa shape index (κ1) is 13.6. The minimum Gasteiger partial charge on any atom is -0.399 e. The summed E-state index contributed by atoms with van der Waals surface area (Å²) < 4.78 is 0. The summed E-state index contributed by atoms with van der Waals surface area (Å²) in [7, 11) is 0. The van der Waals surface area contributed by atoms with Crippen LogP contribution in [0.5, 0.6) is 0 Å². The Labute approximate surface area is 117 Å². The molecule has 0 spiro atoms. The number of carbonyl (C=O) groups excluding carboxylic acids is 1. The molecule has 0 unspecified atom stereocenters. The summed E-state index contributed by atoms with van der Waals surface area (Å²) in [6.07, 6.45) is 0.956. The highest BCUT2D eigenvalue weighted by atomic mass is 32.1. The number of aryl methyl sites for hydroxylation is 3. The van der Waals surface area contributed by atoms with E-state index in [9.17, 15) is 4.79 Å². The average Bonchev–Trinajstić information content (AvgIpc) is 2.82. The van der Waals surface area contributed by atoms with E-state index in [-0.39, 0.29) is 5.91 Å². The second-order valence-electron chi connectivity index (χ2n) is 4.60. The van der Waals surface area contributed by atoms with Crippen LogP contribution in [0.3, 0.4) is 0 Å². The van der Waals surface area contributed by atoms with E-state index in [4.69, 9.17) is 5.73 Å². The van der Waals surface area contributed by atoms with Crippen LogP contribution < -0.4 is 11.1 Å². The Hall–Kier alpha value is -1.81. The molecular formula is C15H18N2OS. The lowest BCUT2D eigenvalue weighted by atomic mass is 10.1. The summed E-state index contributed by atoms with van der Waals surface area (Å²) in [6, 6.07) is 7.62. The number of anilines is 2. The Bertz CT molecular complexity index is 593. The van der Waals surface area contributed by atoms with Gasteiger partial charge < -0.3 is 11.1 Å². The van der Waals surface area contributed by atoms with Gasteiger partial charge in [-0.15, -0.1) is 11.3 Å². The number of nitrogen functional groups attached to an aromatic ring is 1. The Morgan fingerprint density at radius 2 is 1.89 bits per heavy atom. The van der Waals surface area contributed by atoms with Crippen molar-refractivity contribution < 1.29 is 4.79 Å². The van der Waals surface area contributed by atoms with Gasteiger partial charge in [0, 0.05) is 16.3 Å². The zero-order valence-corrected chi connectivity index (χ0v) is 12.2. The molecule has 3 N–H and O–H groups in total. The molecule has 0 saturated carbocycles. The highest BCUT2D eigenvalue weighted by Crippen LogP contribution is 2.25. The third kappa shape index (κ3) is 2.96. The molecule has 0 atom stereocenters. The fraction of sp³-hybridized carbons (Fsp3) is 0.267. The van der Waals surface area contributed by atoms with Gasteiger partial charge in [0.15, 0.2) is 0 Å². The van der Waals surface area contributed by atoms with Gasteiger partial charge in [0.1, 0.15) is 0 Å². The van der Waals surface area contributed by atoms with Crippen LogP contribution in [0.25, 0.3) is 0 Å². The summed E-state index contributed by atoms with van der Waals surface area (Å²) in [4.78, 5) is 14.2. The predicted molar refractivity (Wildman–Crippen MR) is 82.0 cm³/mol. The van der Waals surface area contributed by atoms with Crippen LogP contribution in [0.15, 0.2) is 24.3 Å². The van der Waals surface area contributed by atoms with Crippen LogP contribution >= 0.6 is 11.3 Å². The zero-order valence-electron chi connectivity index (χ0n) is 11.4. The molecule has 1 amide bonds. The van der Waals surface area contributed by atoms with Gasteiger partial charge in [-0.3, -0.25) is 4.79 Å². The van der Waals surface area contributed by atoms with Crippen LogP contribution in [-0.4, -0.2) is 5.91 Å². The molecule has 0 fully saturated rings. The van der Waals surface area contributed by atoms with Gasteiger partial charge in [-0.25, -0.2) is 0 Å². The Morgan fingerprint density at radius 1 is 1.26 bits per heavy atom. The Morgan fingerprint density at radius 3 is 2.42 bits per heavy atom. The number of rotatable bonds is 3. The molecule has 0 radical (unpaired) electrons. The minimum atomic E-state index is -0.0549. The fourth-order valence-corrected chi connectivity index (χ4v) is 2.90. The normalized spacial score (nSPS) is 10.5. The Balaban J connectivity index is 2.24. The van der Waals surface area contributed by atoms with Crippen molar-refractivity contribution in [1.29, 1.82) is 0 Å². The lowest BCUT2D eigenvalue weighted by Gasteiger charge is -2.12. The third-order valence-electron chi connectivity index (χ3n) is 3.03. The highest BCUT2D eigenvalue weighted by Gasteiger charge is 2.12. The standard InChI is InChI=1S/C15H18N2OS/c1-4-12-5-6-13(19-12)15(18)17-14-9(2)7-11(16)8-10(14)3/h5-8H,4,16H2,1-3H3,(H,17,18). The first-order chi connectivity index (χ1) is 9.01. The van der Waals surface area contributed by atoms with E-state index < -0.39 is 0 Å². The lowest BCUT2D eigenvalue weighted by molar-refractivity contribution is 0.103. The minimum absolute atomic E-state index is 0.0549. The van der Waals surface area contributed by atoms with E-state index in [0.29, 0.717) is 0 Å². The van der Waals surface area contributed by atoms with Crippen LogP contribution in [0.1, 0.15) is 32.6 Å². The lowest BCUT2D eigenvalue weighted by Crippen LogP contribution is -2.12. The number of benzene rings is 1. The van der Waals surface area contributed by atoms with Crippen molar-refractivity contribution in [3.05, 3.63) is 45.1 Å². The highest BCUT2D eigenvalue weighted by molar-refractivity contribution is 7.14. The molecule has 19 heavy (non-hydrogen) atoms. The van der Waals surface area contributed by atoms with E-state index in [2.05, 4.69) is 12.2 Å². The van der Waals surface area contributed by atoms with Gasteiger partial charge in [-0.1, -0.05) is 6.92 Å². The summed E-state index contributed by atoms with van der Waals surface area (Å²) in [5, 5.41) is 2.98. The van der Waals surface area contributed by atoms with Crippen molar-refractivity contribution in [3.8, 4) is 0 Å². The second kappa shape index (κ2) is 5.45. The van der Waals surface area contributed by atoms with E-state index in [0.717, 1.165) is 33.8 Å². The maximum Gasteiger partial charge on any atom is 0.265 e. The molecule has 0 aliphatic heterocycles.